The van der Waals surface area contributed by atoms with Crippen LogP contribution in [0.3, 0.4) is 0 Å². The molecule has 2 aliphatic rings. The van der Waals surface area contributed by atoms with Crippen molar-refractivity contribution in [3.63, 3.8) is 0 Å². The summed E-state index contributed by atoms with van der Waals surface area (Å²) in [6.45, 7) is 1.71. The van der Waals surface area contributed by atoms with E-state index in [4.69, 9.17) is 0 Å². The molecule has 2 fully saturated rings. The zero-order valence-electron chi connectivity index (χ0n) is 15.9. The molecule has 1 aliphatic carbocycles. The average Bonchev–Trinajstić information content (AvgIpc) is 3.58. The number of likely N-dealkylation sites (tertiary alicyclic amines) is 1. The topological polar surface area (TPSA) is 40.6 Å². The molecule has 1 aliphatic heterocycles. The number of carbonyl (C=O) groups is 2. The minimum absolute atomic E-state index is 0.126. The maximum atomic E-state index is 13.3. The molecule has 5 heteroatoms. The monoisotopic (exact) mass is 380 g/mol. The van der Waals surface area contributed by atoms with Gasteiger partial charge < -0.3 is 9.80 Å². The third-order valence-electron chi connectivity index (χ3n) is 5.62. The summed E-state index contributed by atoms with van der Waals surface area (Å²) >= 11 is 0. The second kappa shape index (κ2) is 8.13. The van der Waals surface area contributed by atoms with E-state index < -0.39 is 0 Å². The lowest BCUT2D eigenvalue weighted by molar-refractivity contribution is -0.138. The Bertz CT molecular complexity index is 833. The summed E-state index contributed by atoms with van der Waals surface area (Å²) in [6.07, 6.45) is 3.74. The average molecular weight is 380 g/mol. The van der Waals surface area contributed by atoms with E-state index in [1.165, 1.54) is 24.3 Å². The van der Waals surface area contributed by atoms with Gasteiger partial charge in [-0.3, -0.25) is 9.59 Å². The number of hydrogen-bond donors (Lipinski definition) is 0. The molecule has 2 amide bonds. The lowest BCUT2D eigenvalue weighted by Gasteiger charge is -2.35. The molecule has 4 rings (SSSR count). The Morgan fingerprint density at radius 2 is 1.71 bits per heavy atom. The van der Waals surface area contributed by atoms with Gasteiger partial charge in [-0.15, -0.1) is 0 Å². The number of amides is 2. The van der Waals surface area contributed by atoms with Gasteiger partial charge in [0.05, 0.1) is 5.92 Å². The Morgan fingerprint density at radius 3 is 2.39 bits per heavy atom. The summed E-state index contributed by atoms with van der Waals surface area (Å²) < 4.78 is 13.1. The normalized spacial score (nSPS) is 19.3. The van der Waals surface area contributed by atoms with Gasteiger partial charge in [0.1, 0.15) is 5.82 Å². The minimum Gasteiger partial charge on any atom is -0.338 e. The van der Waals surface area contributed by atoms with Gasteiger partial charge in [-0.05, 0) is 55.5 Å². The smallest absolute Gasteiger partial charge is 0.253 e. The van der Waals surface area contributed by atoms with Crippen molar-refractivity contribution in [2.24, 2.45) is 5.92 Å². The van der Waals surface area contributed by atoms with E-state index in [-0.39, 0.29) is 23.5 Å². The maximum absolute atomic E-state index is 13.3. The molecule has 146 valence electrons. The molecular formula is C23H25FN2O2. The summed E-state index contributed by atoms with van der Waals surface area (Å²) in [7, 11) is 0. The fourth-order valence-electron chi connectivity index (χ4n) is 3.93. The number of carbonyl (C=O) groups excluding carboxylic acids is 2. The first kappa shape index (κ1) is 18.7. The van der Waals surface area contributed by atoms with E-state index in [9.17, 15) is 14.0 Å². The molecule has 1 heterocycles. The molecule has 0 bridgehead atoms. The second-order valence-corrected chi connectivity index (χ2v) is 7.78. The molecule has 1 atom stereocenters. The van der Waals surface area contributed by atoms with Crippen molar-refractivity contribution in [2.45, 2.75) is 38.3 Å². The quantitative estimate of drug-likeness (QED) is 0.790. The lowest BCUT2D eigenvalue weighted by Crippen LogP contribution is -2.47. The first-order valence-electron chi connectivity index (χ1n) is 10.0. The van der Waals surface area contributed by atoms with Crippen LogP contribution in [-0.2, 0) is 11.3 Å². The molecule has 1 saturated carbocycles. The third-order valence-corrected chi connectivity index (χ3v) is 5.62. The van der Waals surface area contributed by atoms with Crippen LogP contribution in [0.25, 0.3) is 0 Å². The summed E-state index contributed by atoms with van der Waals surface area (Å²) in [4.78, 5) is 29.8. The van der Waals surface area contributed by atoms with E-state index in [0.717, 1.165) is 31.2 Å². The van der Waals surface area contributed by atoms with Gasteiger partial charge in [-0.25, -0.2) is 4.39 Å². The highest BCUT2D eigenvalue weighted by molar-refractivity contribution is 5.94. The molecule has 2 aromatic carbocycles. The van der Waals surface area contributed by atoms with Gasteiger partial charge in [0, 0.05) is 31.2 Å². The third kappa shape index (κ3) is 4.24. The van der Waals surface area contributed by atoms with Crippen LogP contribution >= 0.6 is 0 Å². The van der Waals surface area contributed by atoms with Crippen molar-refractivity contribution in [3.05, 3.63) is 71.5 Å². The van der Waals surface area contributed by atoms with E-state index in [0.29, 0.717) is 31.2 Å². The Labute approximate surface area is 164 Å². The fraction of sp³-hybridized carbons (Fsp3) is 0.391. The van der Waals surface area contributed by atoms with Crippen molar-refractivity contribution in [1.82, 2.24) is 9.80 Å². The lowest BCUT2D eigenvalue weighted by atomic mass is 9.95. The second-order valence-electron chi connectivity index (χ2n) is 7.78. The molecular weight excluding hydrogens is 355 g/mol. The van der Waals surface area contributed by atoms with E-state index >= 15 is 0 Å². The number of hydrogen-bond acceptors (Lipinski definition) is 2. The van der Waals surface area contributed by atoms with E-state index in [1.54, 1.807) is 4.90 Å². The van der Waals surface area contributed by atoms with Crippen molar-refractivity contribution >= 4 is 11.8 Å². The fourth-order valence-corrected chi connectivity index (χ4v) is 3.93. The van der Waals surface area contributed by atoms with E-state index in [2.05, 4.69) is 0 Å². The van der Waals surface area contributed by atoms with Crippen LogP contribution in [0.2, 0.25) is 0 Å². The zero-order valence-corrected chi connectivity index (χ0v) is 15.9. The summed E-state index contributed by atoms with van der Waals surface area (Å²) in [5, 5.41) is 0. The molecule has 0 N–H and O–H groups in total. The molecule has 0 radical (unpaired) electrons. The van der Waals surface area contributed by atoms with Gasteiger partial charge in [0.25, 0.3) is 5.91 Å². The van der Waals surface area contributed by atoms with Crippen molar-refractivity contribution in [3.8, 4) is 0 Å². The number of halogens is 1. The molecule has 1 unspecified atom stereocenters. The van der Waals surface area contributed by atoms with Gasteiger partial charge in [0.15, 0.2) is 0 Å². The number of nitrogens with zero attached hydrogens (tertiary/aromatic N) is 2. The maximum Gasteiger partial charge on any atom is 0.253 e. The zero-order chi connectivity index (χ0) is 19.5. The predicted octanol–water partition coefficient (Wildman–Crippen LogP) is 3.87. The van der Waals surface area contributed by atoms with E-state index in [1.807, 2.05) is 35.2 Å². The minimum atomic E-state index is -0.357. The molecule has 2 aromatic rings. The predicted molar refractivity (Wildman–Crippen MR) is 105 cm³/mol. The summed E-state index contributed by atoms with van der Waals surface area (Å²) in [6, 6.07) is 16.0. The van der Waals surface area contributed by atoms with Gasteiger partial charge in [0.2, 0.25) is 5.91 Å². The largest absolute Gasteiger partial charge is 0.338 e. The highest BCUT2D eigenvalue weighted by atomic mass is 19.1. The van der Waals surface area contributed by atoms with Crippen LogP contribution < -0.4 is 0 Å². The van der Waals surface area contributed by atoms with Crippen LogP contribution in [0.1, 0.15) is 41.6 Å². The van der Waals surface area contributed by atoms with Gasteiger partial charge in [-0.1, -0.05) is 30.3 Å². The molecule has 4 nitrogen and oxygen atoms in total. The summed E-state index contributed by atoms with van der Waals surface area (Å²) in [5.41, 5.74) is 1.61. The standard InChI is InChI=1S/C23H25FN2O2/c24-20-10-8-18(9-11-20)22(27)25-14-4-7-19(16-25)23(28)26(21-12-13-21)15-17-5-2-1-3-6-17/h1-3,5-6,8-11,19,21H,4,7,12-16H2. The van der Waals surface area contributed by atoms with Crippen LogP contribution in [0.4, 0.5) is 4.39 Å². The molecule has 1 saturated heterocycles. The van der Waals surface area contributed by atoms with Gasteiger partial charge >= 0.3 is 0 Å². The number of rotatable bonds is 5. The number of piperidine rings is 1. The van der Waals surface area contributed by atoms with Gasteiger partial charge in [-0.2, -0.15) is 0 Å². The van der Waals surface area contributed by atoms with Crippen LogP contribution in [0.15, 0.2) is 54.6 Å². The van der Waals surface area contributed by atoms with Crippen molar-refractivity contribution < 1.29 is 14.0 Å². The summed E-state index contributed by atoms with van der Waals surface area (Å²) in [5.74, 6) is -0.492. The first-order chi connectivity index (χ1) is 13.6. The Hall–Kier alpha value is -2.69. The Balaban J connectivity index is 1.44. The van der Waals surface area contributed by atoms with Crippen molar-refractivity contribution in [1.29, 1.82) is 0 Å². The van der Waals surface area contributed by atoms with Crippen LogP contribution in [-0.4, -0.2) is 40.7 Å². The Morgan fingerprint density at radius 1 is 1.00 bits per heavy atom. The molecule has 28 heavy (non-hydrogen) atoms. The number of benzene rings is 2. The van der Waals surface area contributed by atoms with Crippen molar-refractivity contribution in [2.75, 3.05) is 13.1 Å². The van der Waals surface area contributed by atoms with Crippen LogP contribution in [0, 0.1) is 11.7 Å². The highest BCUT2D eigenvalue weighted by Crippen LogP contribution is 2.31. The highest BCUT2D eigenvalue weighted by Gasteiger charge is 2.38. The Kier molecular flexibility index (Phi) is 5.42. The molecule has 0 aromatic heterocycles. The SMILES string of the molecule is O=C(c1ccc(F)cc1)N1CCCC(C(=O)N(Cc2ccccc2)C2CC2)C1. The first-order valence-corrected chi connectivity index (χ1v) is 10.0. The van der Waals surface area contributed by atoms with Crippen LogP contribution in [0.5, 0.6) is 0 Å². The molecule has 0 spiro atoms.